The van der Waals surface area contributed by atoms with Crippen LogP contribution in [0.25, 0.3) is 10.4 Å². The number of hydrogen-bond acceptors (Lipinski definition) is 6. The number of nitrogens with zero attached hydrogens (tertiary/aromatic N) is 3. The molecule has 2 saturated heterocycles. The molecule has 19 heavy (non-hydrogen) atoms. The standard InChI is InChI=1S/C10H16N4O5/c1-10(2)18-7-5(4-15)13-9(16)17-6(3-12-14-11)8(7)19-10/h5-8,15H,3-4H2,1-2H3,(H,13,16)/t5-,6-,7+,8+/m0/s1. The average molecular weight is 272 g/mol. The second-order valence-corrected chi connectivity index (χ2v) is 4.86. The maximum absolute atomic E-state index is 11.5. The van der Waals surface area contributed by atoms with Crippen molar-refractivity contribution in [3.05, 3.63) is 10.4 Å². The van der Waals surface area contributed by atoms with Crippen LogP contribution in [0, 0.1) is 0 Å². The van der Waals surface area contributed by atoms with Crippen molar-refractivity contribution in [1.29, 1.82) is 0 Å². The Bertz CT molecular complexity index is 409. The summed E-state index contributed by atoms with van der Waals surface area (Å²) in [4.78, 5) is 14.2. The number of carbonyl (C=O) groups excluding carboxylic acids is 1. The molecular weight excluding hydrogens is 256 g/mol. The van der Waals surface area contributed by atoms with Crippen LogP contribution in [-0.2, 0) is 14.2 Å². The van der Waals surface area contributed by atoms with Crippen molar-refractivity contribution in [3.8, 4) is 0 Å². The lowest BCUT2D eigenvalue weighted by molar-refractivity contribution is -0.158. The molecule has 0 aromatic carbocycles. The summed E-state index contributed by atoms with van der Waals surface area (Å²) in [5.41, 5.74) is 8.36. The van der Waals surface area contributed by atoms with E-state index in [0.29, 0.717) is 0 Å². The topological polar surface area (TPSA) is 126 Å². The van der Waals surface area contributed by atoms with Gasteiger partial charge >= 0.3 is 6.09 Å². The molecule has 0 aromatic heterocycles. The maximum atomic E-state index is 11.5. The van der Waals surface area contributed by atoms with Gasteiger partial charge in [-0.3, -0.25) is 0 Å². The predicted molar refractivity (Wildman–Crippen MR) is 62.1 cm³/mol. The van der Waals surface area contributed by atoms with E-state index in [9.17, 15) is 9.90 Å². The van der Waals surface area contributed by atoms with Crippen molar-refractivity contribution in [1.82, 2.24) is 5.32 Å². The number of ether oxygens (including phenoxy) is 3. The molecule has 0 spiro atoms. The number of nitrogens with one attached hydrogen (secondary N) is 1. The third-order valence-electron chi connectivity index (χ3n) is 3.01. The number of cyclic esters (lactones) is 1. The van der Waals surface area contributed by atoms with Gasteiger partial charge in [-0.15, -0.1) is 0 Å². The molecule has 2 aliphatic heterocycles. The van der Waals surface area contributed by atoms with E-state index in [1.165, 1.54) is 0 Å². The number of rotatable bonds is 3. The fourth-order valence-electron chi connectivity index (χ4n) is 2.30. The lowest BCUT2D eigenvalue weighted by Gasteiger charge is -2.23. The van der Waals surface area contributed by atoms with Crippen molar-refractivity contribution in [2.45, 2.75) is 44.0 Å². The molecule has 2 N–H and O–H groups in total. The fourth-order valence-corrected chi connectivity index (χ4v) is 2.30. The number of aliphatic hydroxyl groups is 1. The average Bonchev–Trinajstić information content (AvgIpc) is 2.61. The largest absolute Gasteiger partial charge is 0.443 e. The summed E-state index contributed by atoms with van der Waals surface area (Å²) >= 11 is 0. The molecule has 2 heterocycles. The van der Waals surface area contributed by atoms with Gasteiger partial charge in [0.2, 0.25) is 0 Å². The van der Waals surface area contributed by atoms with E-state index in [4.69, 9.17) is 19.7 Å². The first-order chi connectivity index (χ1) is 8.96. The number of azide groups is 1. The lowest BCUT2D eigenvalue weighted by Crippen LogP contribution is -2.48. The number of aliphatic hydroxyl groups excluding tert-OH is 1. The number of amides is 1. The number of fused-ring (bicyclic) bond motifs is 1. The summed E-state index contributed by atoms with van der Waals surface area (Å²) in [6.45, 7) is 3.09. The highest BCUT2D eigenvalue weighted by atomic mass is 16.8. The molecule has 0 aliphatic carbocycles. The quantitative estimate of drug-likeness (QED) is 0.433. The molecule has 2 rings (SSSR count). The van der Waals surface area contributed by atoms with Crippen LogP contribution >= 0.6 is 0 Å². The third kappa shape index (κ3) is 2.90. The first kappa shape index (κ1) is 13.9. The molecule has 0 saturated carbocycles. The Morgan fingerprint density at radius 2 is 2.16 bits per heavy atom. The van der Waals surface area contributed by atoms with Crippen LogP contribution in [0.2, 0.25) is 0 Å². The van der Waals surface area contributed by atoms with E-state index < -0.39 is 36.2 Å². The van der Waals surface area contributed by atoms with E-state index in [1.54, 1.807) is 13.8 Å². The summed E-state index contributed by atoms with van der Waals surface area (Å²) in [6.07, 6.45) is -2.61. The van der Waals surface area contributed by atoms with Crippen LogP contribution < -0.4 is 5.32 Å². The molecule has 0 aromatic rings. The van der Waals surface area contributed by atoms with E-state index in [2.05, 4.69) is 15.3 Å². The van der Waals surface area contributed by atoms with Crippen LogP contribution in [0.1, 0.15) is 13.8 Å². The molecule has 0 bridgehead atoms. The highest BCUT2D eigenvalue weighted by Gasteiger charge is 2.51. The minimum absolute atomic E-state index is 0.0529. The lowest BCUT2D eigenvalue weighted by atomic mass is 10.0. The minimum atomic E-state index is -0.858. The second-order valence-electron chi connectivity index (χ2n) is 4.86. The molecule has 2 aliphatic rings. The molecule has 106 valence electrons. The van der Waals surface area contributed by atoms with Crippen molar-refractivity contribution in [2.75, 3.05) is 13.2 Å². The Morgan fingerprint density at radius 1 is 1.47 bits per heavy atom. The maximum Gasteiger partial charge on any atom is 0.407 e. The summed E-state index contributed by atoms with van der Waals surface area (Å²) in [5.74, 6) is -0.858. The SMILES string of the molecule is CC1(C)O[C@H]2[C@H](O1)[C@H](CN=[N+]=[N-])OC(=O)N[C@H]2CO. The van der Waals surface area contributed by atoms with Gasteiger partial charge in [0.25, 0.3) is 0 Å². The molecule has 0 radical (unpaired) electrons. The molecule has 0 unspecified atom stereocenters. The summed E-state index contributed by atoms with van der Waals surface area (Å²) in [5, 5.41) is 15.2. The smallest absolute Gasteiger partial charge is 0.407 e. The van der Waals surface area contributed by atoms with Gasteiger partial charge < -0.3 is 24.6 Å². The Morgan fingerprint density at radius 3 is 2.79 bits per heavy atom. The zero-order valence-electron chi connectivity index (χ0n) is 10.6. The van der Waals surface area contributed by atoms with E-state index in [1.807, 2.05) is 0 Å². The van der Waals surface area contributed by atoms with E-state index >= 15 is 0 Å². The van der Waals surface area contributed by atoms with Gasteiger partial charge in [-0.25, -0.2) is 4.79 Å². The molecule has 4 atom stereocenters. The summed E-state index contributed by atoms with van der Waals surface area (Å²) < 4.78 is 16.5. The third-order valence-corrected chi connectivity index (χ3v) is 3.01. The van der Waals surface area contributed by atoms with Crippen molar-refractivity contribution >= 4 is 6.09 Å². The van der Waals surface area contributed by atoms with Crippen molar-refractivity contribution < 1.29 is 24.1 Å². The fraction of sp³-hybridized carbons (Fsp3) is 0.900. The Kier molecular flexibility index (Phi) is 3.81. The summed E-state index contributed by atoms with van der Waals surface area (Å²) in [7, 11) is 0. The number of carbonyl (C=O) groups is 1. The summed E-state index contributed by atoms with van der Waals surface area (Å²) in [6, 6.07) is -0.629. The van der Waals surface area contributed by atoms with Crippen LogP contribution in [0.5, 0.6) is 0 Å². The second kappa shape index (κ2) is 5.22. The predicted octanol–water partition coefficient (Wildman–Crippen LogP) is 0.286. The van der Waals surface area contributed by atoms with Gasteiger partial charge in [-0.1, -0.05) is 5.11 Å². The van der Waals surface area contributed by atoms with Gasteiger partial charge in [0.05, 0.1) is 19.2 Å². The van der Waals surface area contributed by atoms with Crippen molar-refractivity contribution in [2.24, 2.45) is 5.11 Å². The molecule has 1 amide bonds. The van der Waals surface area contributed by atoms with Crippen LogP contribution in [0.4, 0.5) is 4.79 Å². The minimum Gasteiger partial charge on any atom is -0.443 e. The monoisotopic (exact) mass is 272 g/mol. The Labute approximate surface area is 109 Å². The molecule has 2 fully saturated rings. The zero-order chi connectivity index (χ0) is 14.0. The van der Waals surface area contributed by atoms with Crippen LogP contribution in [-0.4, -0.2) is 54.5 Å². The van der Waals surface area contributed by atoms with E-state index in [0.717, 1.165) is 0 Å². The molecule has 9 nitrogen and oxygen atoms in total. The Balaban J connectivity index is 2.25. The number of hydrogen-bond donors (Lipinski definition) is 2. The first-order valence-corrected chi connectivity index (χ1v) is 5.91. The highest BCUT2D eigenvalue weighted by Crippen LogP contribution is 2.34. The Hall–Kier alpha value is -1.54. The van der Waals surface area contributed by atoms with Crippen LogP contribution in [0.15, 0.2) is 5.11 Å². The van der Waals surface area contributed by atoms with Gasteiger partial charge in [0, 0.05) is 4.91 Å². The highest BCUT2D eigenvalue weighted by molar-refractivity contribution is 5.68. The van der Waals surface area contributed by atoms with Gasteiger partial charge in [0.15, 0.2) is 5.79 Å². The van der Waals surface area contributed by atoms with E-state index in [-0.39, 0.29) is 13.2 Å². The molecular formula is C10H16N4O5. The van der Waals surface area contributed by atoms with Crippen molar-refractivity contribution in [3.63, 3.8) is 0 Å². The van der Waals surface area contributed by atoms with Gasteiger partial charge in [-0.05, 0) is 19.4 Å². The van der Waals surface area contributed by atoms with Gasteiger partial charge in [0.1, 0.15) is 18.3 Å². The zero-order valence-corrected chi connectivity index (χ0v) is 10.6. The number of alkyl carbamates (subject to hydrolysis) is 1. The van der Waals surface area contributed by atoms with Crippen LogP contribution in [0.3, 0.4) is 0 Å². The molecule has 9 heteroatoms. The van der Waals surface area contributed by atoms with Gasteiger partial charge in [-0.2, -0.15) is 0 Å². The first-order valence-electron chi connectivity index (χ1n) is 5.91. The normalized spacial score (nSPS) is 36.5.